The Morgan fingerprint density at radius 2 is 1.52 bits per heavy atom. The van der Waals surface area contributed by atoms with Gasteiger partial charge in [-0.2, -0.15) is 0 Å². The van der Waals surface area contributed by atoms with Gasteiger partial charge in [0.05, 0.1) is 6.42 Å². The number of hydrogen-bond donors (Lipinski definition) is 1. The van der Waals surface area contributed by atoms with Crippen LogP contribution in [0.25, 0.3) is 0 Å². The Balaban J connectivity index is 1.45. The molecule has 0 atom stereocenters. The van der Waals surface area contributed by atoms with Gasteiger partial charge in [-0.25, -0.2) is 0 Å². The van der Waals surface area contributed by atoms with Crippen molar-refractivity contribution in [3.63, 3.8) is 0 Å². The van der Waals surface area contributed by atoms with Crippen LogP contribution in [0.2, 0.25) is 0 Å². The molecule has 25 heavy (non-hydrogen) atoms. The molecule has 3 rings (SSSR count). The van der Waals surface area contributed by atoms with E-state index in [-0.39, 0.29) is 24.0 Å². The number of hydrogen-bond acceptors (Lipinski definition) is 3. The Morgan fingerprint density at radius 3 is 2.16 bits per heavy atom. The van der Waals surface area contributed by atoms with Gasteiger partial charge in [-0.3, -0.25) is 9.59 Å². The van der Waals surface area contributed by atoms with Crippen LogP contribution in [-0.4, -0.2) is 52.9 Å². The summed E-state index contributed by atoms with van der Waals surface area (Å²) in [7, 11) is 0. The number of piperazine rings is 1. The maximum atomic E-state index is 12.5. The number of phenols is 1. The molecule has 0 bridgehead atoms. The molecule has 1 aromatic carbocycles. The van der Waals surface area contributed by atoms with E-state index >= 15 is 0 Å². The first-order valence-electron chi connectivity index (χ1n) is 9.46. The Hall–Kier alpha value is -2.04. The third-order valence-electron chi connectivity index (χ3n) is 5.51. The van der Waals surface area contributed by atoms with Crippen LogP contribution in [0.15, 0.2) is 24.3 Å². The molecule has 0 radical (unpaired) electrons. The molecule has 1 aliphatic carbocycles. The number of para-hydroxylation sites is 1. The molecule has 0 spiro atoms. The largest absolute Gasteiger partial charge is 0.508 e. The lowest BCUT2D eigenvalue weighted by atomic mass is 9.86. The lowest BCUT2D eigenvalue weighted by Gasteiger charge is -2.36. The van der Waals surface area contributed by atoms with Crippen molar-refractivity contribution < 1.29 is 14.7 Å². The Kier molecular flexibility index (Phi) is 5.95. The van der Waals surface area contributed by atoms with Crippen molar-refractivity contribution in [2.24, 2.45) is 5.92 Å². The number of benzene rings is 1. The summed E-state index contributed by atoms with van der Waals surface area (Å²) in [5.41, 5.74) is 0.656. The van der Waals surface area contributed by atoms with E-state index in [4.69, 9.17) is 0 Å². The van der Waals surface area contributed by atoms with Crippen LogP contribution in [0.4, 0.5) is 0 Å². The summed E-state index contributed by atoms with van der Waals surface area (Å²) in [6.45, 7) is 2.42. The summed E-state index contributed by atoms with van der Waals surface area (Å²) < 4.78 is 0. The van der Waals surface area contributed by atoms with Gasteiger partial charge >= 0.3 is 0 Å². The minimum Gasteiger partial charge on any atom is -0.508 e. The predicted octanol–water partition coefficient (Wildman–Crippen LogP) is 2.58. The molecule has 1 saturated carbocycles. The molecule has 5 nitrogen and oxygen atoms in total. The van der Waals surface area contributed by atoms with Crippen LogP contribution in [0, 0.1) is 5.92 Å². The second kappa shape index (κ2) is 8.37. The topological polar surface area (TPSA) is 60.9 Å². The van der Waals surface area contributed by atoms with E-state index in [2.05, 4.69) is 0 Å². The van der Waals surface area contributed by atoms with Gasteiger partial charge in [-0.05, 0) is 24.8 Å². The first kappa shape index (κ1) is 17.8. The van der Waals surface area contributed by atoms with Gasteiger partial charge in [0, 0.05) is 38.2 Å². The zero-order valence-electron chi connectivity index (χ0n) is 14.8. The molecular formula is C20H28N2O3. The highest BCUT2D eigenvalue weighted by Crippen LogP contribution is 2.27. The van der Waals surface area contributed by atoms with Crippen LogP contribution >= 0.6 is 0 Å². The van der Waals surface area contributed by atoms with E-state index in [1.807, 2.05) is 11.0 Å². The fourth-order valence-corrected chi connectivity index (χ4v) is 3.91. The summed E-state index contributed by atoms with van der Waals surface area (Å²) in [5, 5.41) is 9.80. The van der Waals surface area contributed by atoms with Crippen molar-refractivity contribution in [2.75, 3.05) is 26.2 Å². The molecule has 1 N–H and O–H groups in total. The lowest BCUT2D eigenvalue weighted by molar-refractivity contribution is -0.139. The van der Waals surface area contributed by atoms with Crippen molar-refractivity contribution >= 4 is 11.8 Å². The molecule has 2 fully saturated rings. The third-order valence-corrected chi connectivity index (χ3v) is 5.51. The lowest BCUT2D eigenvalue weighted by Crippen LogP contribution is -2.51. The number of amides is 2. The fraction of sp³-hybridized carbons (Fsp3) is 0.600. The van der Waals surface area contributed by atoms with Crippen molar-refractivity contribution in [3.8, 4) is 5.75 Å². The Bertz CT molecular complexity index is 603. The normalized spacial score (nSPS) is 19.0. The number of rotatable bonds is 4. The van der Waals surface area contributed by atoms with Gasteiger partial charge in [0.25, 0.3) is 0 Å². The van der Waals surface area contributed by atoms with Crippen LogP contribution in [0.1, 0.15) is 44.1 Å². The summed E-state index contributed by atoms with van der Waals surface area (Å²) in [6, 6.07) is 6.95. The van der Waals surface area contributed by atoms with Crippen molar-refractivity contribution in [1.82, 2.24) is 9.80 Å². The summed E-state index contributed by atoms with van der Waals surface area (Å²) in [6.07, 6.45) is 7.08. The molecule has 1 heterocycles. The first-order chi connectivity index (χ1) is 12.1. The summed E-state index contributed by atoms with van der Waals surface area (Å²) in [4.78, 5) is 28.6. The van der Waals surface area contributed by atoms with E-state index in [0.29, 0.717) is 44.1 Å². The van der Waals surface area contributed by atoms with Gasteiger partial charge in [-0.15, -0.1) is 0 Å². The van der Waals surface area contributed by atoms with Crippen molar-refractivity contribution in [1.29, 1.82) is 0 Å². The van der Waals surface area contributed by atoms with E-state index in [1.165, 1.54) is 32.1 Å². The molecule has 0 aromatic heterocycles. The number of carbonyl (C=O) groups excluding carboxylic acids is 2. The van der Waals surface area contributed by atoms with Crippen LogP contribution < -0.4 is 0 Å². The number of phenolic OH excluding ortho intramolecular Hbond substituents is 1. The monoisotopic (exact) mass is 344 g/mol. The zero-order chi connectivity index (χ0) is 17.6. The second-order valence-corrected chi connectivity index (χ2v) is 7.28. The van der Waals surface area contributed by atoms with Crippen LogP contribution in [-0.2, 0) is 16.0 Å². The van der Waals surface area contributed by atoms with Crippen LogP contribution in [0.5, 0.6) is 5.75 Å². The molecule has 0 unspecified atom stereocenters. The minimum atomic E-state index is 0.0147. The number of aromatic hydroxyl groups is 1. The molecule has 2 aliphatic rings. The van der Waals surface area contributed by atoms with E-state index in [1.54, 1.807) is 23.1 Å². The van der Waals surface area contributed by atoms with E-state index < -0.39 is 0 Å². The van der Waals surface area contributed by atoms with E-state index in [0.717, 1.165) is 0 Å². The smallest absolute Gasteiger partial charge is 0.227 e. The van der Waals surface area contributed by atoms with Crippen LogP contribution in [0.3, 0.4) is 0 Å². The number of nitrogens with zero attached hydrogens (tertiary/aromatic N) is 2. The van der Waals surface area contributed by atoms with Gasteiger partial charge in [-0.1, -0.05) is 37.5 Å². The van der Waals surface area contributed by atoms with Crippen molar-refractivity contribution in [3.05, 3.63) is 29.8 Å². The van der Waals surface area contributed by atoms with Gasteiger partial charge < -0.3 is 14.9 Å². The molecule has 136 valence electrons. The average molecular weight is 344 g/mol. The second-order valence-electron chi connectivity index (χ2n) is 7.28. The molecule has 1 saturated heterocycles. The summed E-state index contributed by atoms with van der Waals surface area (Å²) >= 11 is 0. The first-order valence-corrected chi connectivity index (χ1v) is 9.46. The average Bonchev–Trinajstić information content (AvgIpc) is 2.64. The van der Waals surface area contributed by atoms with Gasteiger partial charge in [0.1, 0.15) is 5.75 Å². The maximum absolute atomic E-state index is 12.5. The third kappa shape index (κ3) is 4.74. The number of carbonyl (C=O) groups is 2. The fourth-order valence-electron chi connectivity index (χ4n) is 3.91. The molecule has 5 heteroatoms. The molecule has 2 amide bonds. The standard InChI is InChI=1S/C20H28N2O3/c23-18-9-5-4-8-17(18)15-20(25)22-12-10-21(11-13-22)19(24)14-16-6-2-1-3-7-16/h4-5,8-9,16,23H,1-3,6-7,10-15H2. The molecule has 1 aromatic rings. The van der Waals surface area contributed by atoms with Gasteiger partial charge in [0.2, 0.25) is 11.8 Å². The molecular weight excluding hydrogens is 316 g/mol. The quantitative estimate of drug-likeness (QED) is 0.913. The highest BCUT2D eigenvalue weighted by atomic mass is 16.3. The molecule has 1 aliphatic heterocycles. The Morgan fingerprint density at radius 1 is 0.920 bits per heavy atom. The minimum absolute atomic E-state index is 0.0147. The highest BCUT2D eigenvalue weighted by molar-refractivity contribution is 5.80. The SMILES string of the molecule is O=C(Cc1ccccc1O)N1CCN(C(=O)CC2CCCCC2)CC1. The summed E-state index contributed by atoms with van der Waals surface area (Å²) in [5.74, 6) is 0.986. The van der Waals surface area contributed by atoms with Crippen molar-refractivity contribution in [2.45, 2.75) is 44.9 Å². The predicted molar refractivity (Wildman–Crippen MR) is 96.2 cm³/mol. The Labute approximate surface area is 149 Å². The van der Waals surface area contributed by atoms with E-state index in [9.17, 15) is 14.7 Å². The zero-order valence-corrected chi connectivity index (χ0v) is 14.8. The highest BCUT2D eigenvalue weighted by Gasteiger charge is 2.26. The maximum Gasteiger partial charge on any atom is 0.227 e. The van der Waals surface area contributed by atoms with Gasteiger partial charge in [0.15, 0.2) is 0 Å².